The van der Waals surface area contributed by atoms with Crippen LogP contribution in [0.1, 0.15) is 31.7 Å². The molecule has 1 aromatic carbocycles. The number of amides is 2. The molecule has 6 nitrogen and oxygen atoms in total. The zero-order chi connectivity index (χ0) is 18.0. The molecule has 1 aromatic rings. The predicted molar refractivity (Wildman–Crippen MR) is 95.4 cm³/mol. The summed E-state index contributed by atoms with van der Waals surface area (Å²) in [5.41, 5.74) is 6.43. The third-order valence-corrected chi connectivity index (χ3v) is 5.04. The number of hydrogen-bond donors (Lipinski definition) is 1. The van der Waals surface area contributed by atoms with E-state index in [4.69, 9.17) is 22.1 Å². The van der Waals surface area contributed by atoms with Gasteiger partial charge in [0.1, 0.15) is 17.9 Å². The summed E-state index contributed by atoms with van der Waals surface area (Å²) in [6.07, 6.45) is 1.90. The lowest BCUT2D eigenvalue weighted by atomic mass is 10.2. The van der Waals surface area contributed by atoms with Gasteiger partial charge in [0.05, 0.1) is 0 Å². The second-order valence-corrected chi connectivity index (χ2v) is 7.25. The smallest absolute Gasteiger partial charge is 0.240 e. The first-order valence-corrected chi connectivity index (χ1v) is 9.08. The summed E-state index contributed by atoms with van der Waals surface area (Å²) >= 11 is 6.09. The van der Waals surface area contributed by atoms with Crippen LogP contribution in [0.3, 0.4) is 0 Å². The molecule has 0 spiro atoms. The third kappa shape index (κ3) is 4.25. The number of nitrogens with zero attached hydrogens (tertiary/aromatic N) is 2. The summed E-state index contributed by atoms with van der Waals surface area (Å²) in [5.74, 6) is 0.427. The van der Waals surface area contributed by atoms with Crippen LogP contribution in [-0.4, -0.2) is 53.4 Å². The van der Waals surface area contributed by atoms with Crippen molar-refractivity contribution in [2.45, 2.75) is 44.9 Å². The number of halogens is 1. The van der Waals surface area contributed by atoms with Gasteiger partial charge < -0.3 is 15.4 Å². The van der Waals surface area contributed by atoms with Crippen molar-refractivity contribution < 1.29 is 14.3 Å². The highest BCUT2D eigenvalue weighted by Gasteiger charge is 2.32. The zero-order valence-corrected chi connectivity index (χ0v) is 15.2. The first kappa shape index (κ1) is 18.0. The number of hydrogen-bond acceptors (Lipinski definition) is 4. The molecule has 0 bridgehead atoms. The molecule has 25 heavy (non-hydrogen) atoms. The Kier molecular flexibility index (Phi) is 5.49. The summed E-state index contributed by atoms with van der Waals surface area (Å²) in [6, 6.07) is 5.18. The second kappa shape index (κ2) is 7.62. The summed E-state index contributed by atoms with van der Waals surface area (Å²) in [7, 11) is 0. The normalized spacial score (nSPS) is 23.7. The van der Waals surface area contributed by atoms with Gasteiger partial charge in [-0.2, -0.15) is 0 Å². The Hall–Kier alpha value is -1.79. The lowest BCUT2D eigenvalue weighted by molar-refractivity contribution is -0.137. The third-order valence-electron chi connectivity index (χ3n) is 4.80. The first-order valence-electron chi connectivity index (χ1n) is 8.70. The van der Waals surface area contributed by atoms with Gasteiger partial charge >= 0.3 is 0 Å². The van der Waals surface area contributed by atoms with E-state index in [9.17, 15) is 9.59 Å². The Labute approximate surface area is 152 Å². The molecule has 2 heterocycles. The molecular formula is C18H24ClN3O3. The number of likely N-dealkylation sites (tertiary alicyclic amines) is 1. The number of rotatable bonds is 4. The highest BCUT2D eigenvalue weighted by atomic mass is 35.5. The van der Waals surface area contributed by atoms with Gasteiger partial charge in [-0.1, -0.05) is 11.6 Å². The molecule has 0 aliphatic carbocycles. The molecular weight excluding hydrogens is 342 g/mol. The minimum absolute atomic E-state index is 0.00886. The average molecular weight is 366 g/mol. The lowest BCUT2D eigenvalue weighted by Gasteiger charge is -2.25. The molecule has 3 rings (SSSR count). The van der Waals surface area contributed by atoms with E-state index in [0.717, 1.165) is 24.3 Å². The number of ether oxygens (including phenoxy) is 1. The van der Waals surface area contributed by atoms with Crippen LogP contribution in [0, 0.1) is 0 Å². The number of carbonyl (C=O) groups excluding carboxylic acids is 2. The summed E-state index contributed by atoms with van der Waals surface area (Å²) < 4.78 is 5.94. The van der Waals surface area contributed by atoms with Crippen LogP contribution in [0.15, 0.2) is 18.2 Å². The molecule has 0 radical (unpaired) electrons. The van der Waals surface area contributed by atoms with Crippen molar-refractivity contribution in [1.82, 2.24) is 9.80 Å². The number of carbonyl (C=O) groups is 2. The molecule has 1 saturated heterocycles. The highest BCUT2D eigenvalue weighted by molar-refractivity contribution is 6.30. The van der Waals surface area contributed by atoms with E-state index < -0.39 is 11.9 Å². The Morgan fingerprint density at radius 3 is 2.96 bits per heavy atom. The SMILES string of the molecule is CC1CN(CCC(=O)N2CCC[C@H]2C(N)=O)Cc2cc(Cl)ccc2O1. The molecule has 2 aliphatic heterocycles. The Morgan fingerprint density at radius 2 is 2.20 bits per heavy atom. The maximum atomic E-state index is 12.5. The fraction of sp³-hybridized carbons (Fsp3) is 0.556. The Morgan fingerprint density at radius 1 is 1.40 bits per heavy atom. The second-order valence-electron chi connectivity index (χ2n) is 6.81. The first-order chi connectivity index (χ1) is 11.9. The van der Waals surface area contributed by atoms with E-state index in [0.29, 0.717) is 37.5 Å². The van der Waals surface area contributed by atoms with Crippen LogP contribution in [-0.2, 0) is 16.1 Å². The Bertz CT molecular complexity index is 667. The monoisotopic (exact) mass is 365 g/mol. The number of fused-ring (bicyclic) bond motifs is 1. The zero-order valence-electron chi connectivity index (χ0n) is 14.4. The molecule has 0 saturated carbocycles. The van der Waals surface area contributed by atoms with Crippen LogP contribution < -0.4 is 10.5 Å². The van der Waals surface area contributed by atoms with Crippen molar-refractivity contribution in [3.8, 4) is 5.75 Å². The number of benzene rings is 1. The van der Waals surface area contributed by atoms with Gasteiger partial charge in [-0.05, 0) is 38.0 Å². The molecule has 2 N–H and O–H groups in total. The number of nitrogens with two attached hydrogens (primary N) is 1. The average Bonchev–Trinajstić information content (AvgIpc) is 2.99. The van der Waals surface area contributed by atoms with Crippen molar-refractivity contribution in [2.24, 2.45) is 5.73 Å². The van der Waals surface area contributed by atoms with Gasteiger partial charge in [-0.25, -0.2) is 0 Å². The molecule has 1 fully saturated rings. The van der Waals surface area contributed by atoms with Crippen molar-refractivity contribution in [2.75, 3.05) is 19.6 Å². The fourth-order valence-corrected chi connectivity index (χ4v) is 3.83. The molecule has 2 aliphatic rings. The van der Waals surface area contributed by atoms with Crippen molar-refractivity contribution in [1.29, 1.82) is 0 Å². The quantitative estimate of drug-likeness (QED) is 0.882. The van der Waals surface area contributed by atoms with E-state index in [2.05, 4.69) is 4.90 Å². The highest BCUT2D eigenvalue weighted by Crippen LogP contribution is 2.28. The Balaban J connectivity index is 1.62. The van der Waals surface area contributed by atoms with E-state index in [1.54, 1.807) is 4.90 Å². The van der Waals surface area contributed by atoms with Crippen LogP contribution in [0.2, 0.25) is 5.02 Å². The van der Waals surface area contributed by atoms with Crippen LogP contribution >= 0.6 is 11.6 Å². The summed E-state index contributed by atoms with van der Waals surface area (Å²) in [6.45, 7) is 4.67. The largest absolute Gasteiger partial charge is 0.489 e. The molecule has 2 amide bonds. The molecule has 1 unspecified atom stereocenters. The van der Waals surface area contributed by atoms with Gasteiger partial charge in [0.2, 0.25) is 11.8 Å². The topological polar surface area (TPSA) is 75.9 Å². The molecule has 136 valence electrons. The number of primary amides is 1. The molecule has 2 atom stereocenters. The minimum atomic E-state index is -0.446. The predicted octanol–water partition coefficient (Wildman–Crippen LogP) is 1.79. The van der Waals surface area contributed by atoms with E-state index in [1.807, 2.05) is 25.1 Å². The maximum Gasteiger partial charge on any atom is 0.240 e. The van der Waals surface area contributed by atoms with Gasteiger partial charge in [0, 0.05) is 43.2 Å². The van der Waals surface area contributed by atoms with E-state index in [-0.39, 0.29) is 12.0 Å². The lowest BCUT2D eigenvalue weighted by Crippen LogP contribution is -2.44. The van der Waals surface area contributed by atoms with Gasteiger partial charge in [-0.3, -0.25) is 14.5 Å². The van der Waals surface area contributed by atoms with Gasteiger partial charge in [-0.15, -0.1) is 0 Å². The van der Waals surface area contributed by atoms with Gasteiger partial charge in [0.15, 0.2) is 0 Å². The molecule has 0 aromatic heterocycles. The van der Waals surface area contributed by atoms with Crippen LogP contribution in [0.4, 0.5) is 0 Å². The minimum Gasteiger partial charge on any atom is -0.489 e. The molecule has 7 heteroatoms. The summed E-state index contributed by atoms with van der Waals surface area (Å²) in [4.78, 5) is 27.8. The van der Waals surface area contributed by atoms with Crippen molar-refractivity contribution in [3.63, 3.8) is 0 Å². The van der Waals surface area contributed by atoms with Crippen molar-refractivity contribution >= 4 is 23.4 Å². The summed E-state index contributed by atoms with van der Waals surface area (Å²) in [5, 5.41) is 0.675. The van der Waals surface area contributed by atoms with E-state index >= 15 is 0 Å². The van der Waals surface area contributed by atoms with Crippen molar-refractivity contribution in [3.05, 3.63) is 28.8 Å². The van der Waals surface area contributed by atoms with Gasteiger partial charge in [0.25, 0.3) is 0 Å². The van der Waals surface area contributed by atoms with E-state index in [1.165, 1.54) is 0 Å². The fourth-order valence-electron chi connectivity index (χ4n) is 3.64. The standard InChI is InChI=1S/C18H24ClN3O3/c1-12-10-21(11-13-9-14(19)4-5-16(13)25-12)8-6-17(23)22-7-2-3-15(22)18(20)24/h4-5,9,12,15H,2-3,6-8,10-11H2,1H3,(H2,20,24)/t12?,15-/m0/s1. The van der Waals surface area contributed by atoms with Crippen LogP contribution in [0.5, 0.6) is 5.75 Å². The maximum absolute atomic E-state index is 12.5. The van der Waals surface area contributed by atoms with Crippen LogP contribution in [0.25, 0.3) is 0 Å².